The highest BCUT2D eigenvalue weighted by molar-refractivity contribution is 5.52. The summed E-state index contributed by atoms with van der Waals surface area (Å²) in [6.07, 6.45) is 0. The Hall–Kier alpha value is -1.36. The highest BCUT2D eigenvalue weighted by Crippen LogP contribution is 2.36. The lowest BCUT2D eigenvalue weighted by Gasteiger charge is -2.21. The fourth-order valence-corrected chi connectivity index (χ4v) is 1.98. The zero-order valence-electron chi connectivity index (χ0n) is 12.7. The van der Waals surface area contributed by atoms with E-state index < -0.39 is 5.92 Å². The van der Waals surface area contributed by atoms with Crippen LogP contribution in [0.3, 0.4) is 0 Å². The SMILES string of the molecule is CCN(CC)CCOc1ccc(NC)cc1C(C)(F)F. The Morgan fingerprint density at radius 2 is 1.90 bits per heavy atom. The first-order valence-electron chi connectivity index (χ1n) is 6.97. The molecule has 3 nitrogen and oxygen atoms in total. The number of nitrogens with one attached hydrogen (secondary N) is 1. The molecule has 20 heavy (non-hydrogen) atoms. The second-order valence-corrected chi connectivity index (χ2v) is 4.72. The first-order valence-corrected chi connectivity index (χ1v) is 6.97. The van der Waals surface area contributed by atoms with Gasteiger partial charge in [-0.1, -0.05) is 13.8 Å². The van der Waals surface area contributed by atoms with Gasteiger partial charge in [0.05, 0.1) is 5.56 Å². The van der Waals surface area contributed by atoms with Crippen LogP contribution in [0.2, 0.25) is 0 Å². The van der Waals surface area contributed by atoms with Gasteiger partial charge in [-0.05, 0) is 31.3 Å². The summed E-state index contributed by atoms with van der Waals surface area (Å²) in [5.74, 6) is -2.67. The molecule has 0 amide bonds. The van der Waals surface area contributed by atoms with Crippen molar-refractivity contribution in [3.8, 4) is 5.75 Å². The molecular weight excluding hydrogens is 262 g/mol. The molecule has 1 aromatic rings. The van der Waals surface area contributed by atoms with E-state index in [0.717, 1.165) is 26.6 Å². The minimum Gasteiger partial charge on any atom is -0.492 e. The summed E-state index contributed by atoms with van der Waals surface area (Å²) < 4.78 is 32.8. The molecule has 0 bridgehead atoms. The van der Waals surface area contributed by atoms with Crippen molar-refractivity contribution in [2.45, 2.75) is 26.7 Å². The van der Waals surface area contributed by atoms with Crippen LogP contribution in [-0.2, 0) is 5.92 Å². The predicted molar refractivity (Wildman–Crippen MR) is 78.8 cm³/mol. The summed E-state index contributed by atoms with van der Waals surface area (Å²) in [5, 5.41) is 2.86. The molecule has 114 valence electrons. The van der Waals surface area contributed by atoms with E-state index >= 15 is 0 Å². The fourth-order valence-electron chi connectivity index (χ4n) is 1.98. The van der Waals surface area contributed by atoms with Crippen LogP contribution in [0.15, 0.2) is 18.2 Å². The monoisotopic (exact) mass is 286 g/mol. The average Bonchev–Trinajstić information content (AvgIpc) is 2.42. The molecule has 1 aromatic carbocycles. The van der Waals surface area contributed by atoms with Crippen LogP contribution in [-0.4, -0.2) is 38.2 Å². The zero-order chi connectivity index (χ0) is 15.2. The standard InChI is InChI=1S/C15H24F2N2O/c1-5-19(6-2)9-10-20-14-8-7-12(18-4)11-13(14)15(3,16)17/h7-8,11,18H,5-6,9-10H2,1-4H3. The van der Waals surface area contributed by atoms with Crippen LogP contribution >= 0.6 is 0 Å². The minimum absolute atomic E-state index is 0.0797. The van der Waals surface area contributed by atoms with Crippen molar-refractivity contribution in [2.75, 3.05) is 38.6 Å². The third-order valence-electron chi connectivity index (χ3n) is 3.30. The highest BCUT2D eigenvalue weighted by Gasteiger charge is 2.29. The normalized spacial score (nSPS) is 11.8. The summed E-state index contributed by atoms with van der Waals surface area (Å²) in [7, 11) is 1.70. The molecule has 0 radical (unpaired) electrons. The van der Waals surface area contributed by atoms with Gasteiger partial charge >= 0.3 is 0 Å². The number of rotatable bonds is 8. The smallest absolute Gasteiger partial charge is 0.274 e. The van der Waals surface area contributed by atoms with Crippen LogP contribution in [0.1, 0.15) is 26.3 Å². The molecule has 5 heteroatoms. The zero-order valence-corrected chi connectivity index (χ0v) is 12.7. The summed E-state index contributed by atoms with van der Waals surface area (Å²) in [6.45, 7) is 8.01. The van der Waals surface area contributed by atoms with Crippen molar-refractivity contribution in [3.63, 3.8) is 0 Å². The third-order valence-corrected chi connectivity index (χ3v) is 3.30. The fraction of sp³-hybridized carbons (Fsp3) is 0.600. The van der Waals surface area contributed by atoms with Gasteiger partial charge in [0, 0.05) is 26.2 Å². The predicted octanol–water partition coefficient (Wildman–Crippen LogP) is 3.56. The Balaban J connectivity index is 2.79. The van der Waals surface area contributed by atoms with Gasteiger partial charge in [0.15, 0.2) is 0 Å². The third kappa shape index (κ3) is 4.63. The molecule has 0 aliphatic heterocycles. The van der Waals surface area contributed by atoms with Crippen molar-refractivity contribution in [1.29, 1.82) is 0 Å². The van der Waals surface area contributed by atoms with E-state index in [1.807, 2.05) is 0 Å². The number of nitrogens with zero attached hydrogens (tertiary/aromatic N) is 1. The van der Waals surface area contributed by atoms with E-state index in [1.54, 1.807) is 19.2 Å². The van der Waals surface area contributed by atoms with E-state index in [1.165, 1.54) is 6.07 Å². The van der Waals surface area contributed by atoms with E-state index in [0.29, 0.717) is 12.3 Å². The molecule has 0 saturated heterocycles. The van der Waals surface area contributed by atoms with Gasteiger partial charge in [0.1, 0.15) is 12.4 Å². The molecule has 1 N–H and O–H groups in total. The lowest BCUT2D eigenvalue weighted by atomic mass is 10.1. The highest BCUT2D eigenvalue weighted by atomic mass is 19.3. The summed E-state index contributed by atoms with van der Waals surface area (Å²) in [6, 6.07) is 4.77. The topological polar surface area (TPSA) is 24.5 Å². The summed E-state index contributed by atoms with van der Waals surface area (Å²) in [5.41, 5.74) is 0.571. The number of ether oxygens (including phenoxy) is 1. The summed E-state index contributed by atoms with van der Waals surface area (Å²) in [4.78, 5) is 2.19. The van der Waals surface area contributed by atoms with Crippen molar-refractivity contribution in [1.82, 2.24) is 4.90 Å². The molecule has 0 aliphatic carbocycles. The molecule has 0 saturated carbocycles. The first-order chi connectivity index (χ1) is 9.42. The van der Waals surface area contributed by atoms with Crippen LogP contribution in [0.25, 0.3) is 0 Å². The molecule has 0 aromatic heterocycles. The lowest BCUT2D eigenvalue weighted by Crippen LogP contribution is -2.28. The number of anilines is 1. The Labute approximate surface area is 119 Å². The molecule has 0 heterocycles. The molecular formula is C15H24F2N2O. The number of hydrogen-bond acceptors (Lipinski definition) is 3. The van der Waals surface area contributed by atoms with Crippen LogP contribution in [0.4, 0.5) is 14.5 Å². The van der Waals surface area contributed by atoms with Gasteiger partial charge < -0.3 is 15.0 Å². The molecule has 0 atom stereocenters. The average molecular weight is 286 g/mol. The van der Waals surface area contributed by atoms with Crippen LogP contribution in [0.5, 0.6) is 5.75 Å². The Morgan fingerprint density at radius 1 is 1.25 bits per heavy atom. The van der Waals surface area contributed by atoms with Gasteiger partial charge in [0.25, 0.3) is 5.92 Å². The molecule has 1 rings (SSSR count). The number of likely N-dealkylation sites (N-methyl/N-ethyl adjacent to an activating group) is 1. The maximum atomic E-state index is 13.6. The lowest BCUT2D eigenvalue weighted by molar-refractivity contribution is 0.0143. The van der Waals surface area contributed by atoms with Gasteiger partial charge in [-0.15, -0.1) is 0 Å². The van der Waals surface area contributed by atoms with Gasteiger partial charge in [-0.2, -0.15) is 0 Å². The molecule has 0 unspecified atom stereocenters. The van der Waals surface area contributed by atoms with Crippen molar-refractivity contribution in [3.05, 3.63) is 23.8 Å². The molecule has 0 aliphatic rings. The maximum absolute atomic E-state index is 13.6. The maximum Gasteiger partial charge on any atom is 0.274 e. The van der Waals surface area contributed by atoms with Crippen molar-refractivity contribution < 1.29 is 13.5 Å². The van der Waals surface area contributed by atoms with E-state index in [2.05, 4.69) is 24.1 Å². The number of halogens is 2. The second-order valence-electron chi connectivity index (χ2n) is 4.72. The van der Waals surface area contributed by atoms with Crippen molar-refractivity contribution >= 4 is 5.69 Å². The Kier molecular flexibility index (Phi) is 6.20. The van der Waals surface area contributed by atoms with E-state index in [4.69, 9.17) is 4.74 Å². The van der Waals surface area contributed by atoms with Gasteiger partial charge in [-0.3, -0.25) is 0 Å². The molecule has 0 spiro atoms. The minimum atomic E-state index is -2.92. The van der Waals surface area contributed by atoms with Gasteiger partial charge in [-0.25, -0.2) is 8.78 Å². The van der Waals surface area contributed by atoms with Crippen LogP contribution in [0, 0.1) is 0 Å². The first kappa shape index (κ1) is 16.7. The summed E-state index contributed by atoms with van der Waals surface area (Å²) >= 11 is 0. The quantitative estimate of drug-likeness (QED) is 0.791. The Bertz CT molecular complexity index is 415. The number of hydrogen-bond donors (Lipinski definition) is 1. The van der Waals surface area contributed by atoms with Crippen molar-refractivity contribution in [2.24, 2.45) is 0 Å². The Morgan fingerprint density at radius 3 is 2.40 bits per heavy atom. The van der Waals surface area contributed by atoms with Crippen LogP contribution < -0.4 is 10.1 Å². The molecule has 0 fully saturated rings. The van der Waals surface area contributed by atoms with Gasteiger partial charge in [0.2, 0.25) is 0 Å². The number of benzene rings is 1. The van der Waals surface area contributed by atoms with E-state index in [-0.39, 0.29) is 11.3 Å². The second kappa shape index (κ2) is 7.43. The number of alkyl halides is 2. The largest absolute Gasteiger partial charge is 0.492 e. The van der Waals surface area contributed by atoms with E-state index in [9.17, 15) is 8.78 Å².